The van der Waals surface area contributed by atoms with Gasteiger partial charge in [0, 0.05) is 30.2 Å². The number of hydrogen-bond acceptors (Lipinski definition) is 3. The highest BCUT2D eigenvalue weighted by molar-refractivity contribution is 5.81. The lowest BCUT2D eigenvalue weighted by Crippen LogP contribution is -2.33. The van der Waals surface area contributed by atoms with Crippen LogP contribution in [0.5, 0.6) is 0 Å². The second-order valence-corrected chi connectivity index (χ2v) is 8.06. The molecule has 3 rings (SSSR count). The summed E-state index contributed by atoms with van der Waals surface area (Å²) < 4.78 is 0. The van der Waals surface area contributed by atoms with Crippen molar-refractivity contribution in [2.24, 2.45) is 5.92 Å². The third-order valence-electron chi connectivity index (χ3n) is 5.04. The zero-order chi connectivity index (χ0) is 18.0. The molecule has 2 aromatic rings. The van der Waals surface area contributed by atoms with Crippen LogP contribution < -0.4 is 4.90 Å². The summed E-state index contributed by atoms with van der Waals surface area (Å²) in [7, 11) is 0. The van der Waals surface area contributed by atoms with E-state index in [2.05, 4.69) is 48.9 Å². The lowest BCUT2D eigenvalue weighted by atomic mass is 9.82. The zero-order valence-electron chi connectivity index (χ0n) is 15.6. The van der Waals surface area contributed by atoms with Crippen LogP contribution in [0.15, 0.2) is 30.6 Å². The Morgan fingerprint density at radius 1 is 1.16 bits per heavy atom. The summed E-state index contributed by atoms with van der Waals surface area (Å²) in [4.78, 5) is 22.3. The van der Waals surface area contributed by atoms with Crippen LogP contribution in [-0.4, -0.2) is 22.9 Å². The van der Waals surface area contributed by atoms with Crippen molar-refractivity contribution in [3.05, 3.63) is 42.0 Å². The van der Waals surface area contributed by atoms with Gasteiger partial charge in [0.25, 0.3) is 0 Å². The van der Waals surface area contributed by atoms with E-state index in [0.29, 0.717) is 5.92 Å². The Labute approximate surface area is 150 Å². The van der Waals surface area contributed by atoms with Crippen LogP contribution in [0, 0.1) is 12.8 Å². The number of rotatable bonds is 5. The average molecular weight is 337 g/mol. The summed E-state index contributed by atoms with van der Waals surface area (Å²) in [5.41, 5.74) is 4.19. The molecule has 0 bridgehead atoms. The van der Waals surface area contributed by atoms with Gasteiger partial charge in [-0.05, 0) is 48.3 Å². The van der Waals surface area contributed by atoms with E-state index >= 15 is 0 Å². The van der Waals surface area contributed by atoms with Gasteiger partial charge in [0.15, 0.2) is 0 Å². The maximum absolute atomic E-state index is 11.9. The van der Waals surface area contributed by atoms with E-state index < -0.39 is 0 Å². The van der Waals surface area contributed by atoms with Crippen LogP contribution in [0.1, 0.15) is 51.4 Å². The predicted molar refractivity (Wildman–Crippen MR) is 102 cm³/mol. The van der Waals surface area contributed by atoms with E-state index in [9.17, 15) is 4.79 Å². The summed E-state index contributed by atoms with van der Waals surface area (Å²) in [5.74, 6) is 1.39. The second-order valence-electron chi connectivity index (χ2n) is 8.06. The fourth-order valence-electron chi connectivity index (χ4n) is 3.28. The smallest absolute Gasteiger partial charge is 0.214 e. The maximum Gasteiger partial charge on any atom is 0.214 e. The van der Waals surface area contributed by atoms with Gasteiger partial charge in [-0.25, -0.2) is 9.97 Å². The summed E-state index contributed by atoms with van der Waals surface area (Å²) in [6, 6.07) is 6.36. The third kappa shape index (κ3) is 3.89. The lowest BCUT2D eigenvalue weighted by Gasteiger charge is -2.33. The molecule has 0 unspecified atom stereocenters. The molecule has 1 aliphatic carbocycles. The first-order chi connectivity index (χ1) is 11.9. The Bertz CT molecular complexity index is 743. The van der Waals surface area contributed by atoms with Crippen molar-refractivity contribution in [2.75, 3.05) is 11.4 Å². The number of amides is 1. The minimum Gasteiger partial charge on any atom is -0.314 e. The van der Waals surface area contributed by atoms with Crippen LogP contribution in [0.2, 0.25) is 0 Å². The fourth-order valence-corrected chi connectivity index (χ4v) is 3.28. The van der Waals surface area contributed by atoms with Gasteiger partial charge in [0.05, 0.1) is 0 Å². The molecule has 0 saturated heterocycles. The van der Waals surface area contributed by atoms with Crippen LogP contribution >= 0.6 is 0 Å². The van der Waals surface area contributed by atoms with Gasteiger partial charge < -0.3 is 4.90 Å². The van der Waals surface area contributed by atoms with E-state index in [4.69, 9.17) is 0 Å². The van der Waals surface area contributed by atoms with Crippen molar-refractivity contribution in [3.8, 4) is 11.1 Å². The molecule has 1 heterocycles. The molecule has 4 nitrogen and oxygen atoms in total. The number of benzene rings is 1. The highest BCUT2D eigenvalue weighted by atomic mass is 16.1. The number of aryl methyl sites for hydroxylation is 1. The molecule has 0 radical (unpaired) electrons. The van der Waals surface area contributed by atoms with Crippen LogP contribution in [0.4, 0.5) is 5.69 Å². The Morgan fingerprint density at radius 2 is 1.84 bits per heavy atom. The van der Waals surface area contributed by atoms with Crippen molar-refractivity contribution in [1.29, 1.82) is 0 Å². The molecule has 1 fully saturated rings. The quantitative estimate of drug-likeness (QED) is 0.754. The molecule has 1 aliphatic rings. The standard InChI is InChI=1S/C21H27N3O/c1-15-22-11-18(12-23-15)17-8-9-19(21(2,3)4)20(10-17)24(14-25)13-16-6-5-7-16/h8-12,14,16H,5-7,13H2,1-4H3. The predicted octanol–water partition coefficient (Wildman–Crippen LogP) is 4.51. The summed E-state index contributed by atoms with van der Waals surface area (Å²) in [6.07, 6.45) is 8.40. The number of aromatic nitrogens is 2. The first kappa shape index (κ1) is 17.6. The first-order valence-corrected chi connectivity index (χ1v) is 9.04. The van der Waals surface area contributed by atoms with Crippen molar-refractivity contribution < 1.29 is 4.79 Å². The highest BCUT2D eigenvalue weighted by Gasteiger charge is 2.25. The molecule has 25 heavy (non-hydrogen) atoms. The Kier molecular flexibility index (Phi) is 4.89. The van der Waals surface area contributed by atoms with Crippen LogP contribution in [0.3, 0.4) is 0 Å². The van der Waals surface area contributed by atoms with Crippen molar-refractivity contribution in [3.63, 3.8) is 0 Å². The van der Waals surface area contributed by atoms with Gasteiger partial charge in [0.1, 0.15) is 5.82 Å². The molecule has 0 spiro atoms. The van der Waals surface area contributed by atoms with Gasteiger partial charge in [-0.3, -0.25) is 4.79 Å². The molecule has 1 aromatic heterocycles. The summed E-state index contributed by atoms with van der Waals surface area (Å²) in [6.45, 7) is 9.25. The molecule has 1 amide bonds. The topological polar surface area (TPSA) is 46.1 Å². The molecule has 1 saturated carbocycles. The van der Waals surface area contributed by atoms with E-state index in [-0.39, 0.29) is 5.41 Å². The van der Waals surface area contributed by atoms with Gasteiger partial charge >= 0.3 is 0 Å². The number of hydrogen-bond donors (Lipinski definition) is 0. The molecule has 4 heteroatoms. The molecule has 132 valence electrons. The molecular weight excluding hydrogens is 310 g/mol. The third-order valence-corrected chi connectivity index (χ3v) is 5.04. The lowest BCUT2D eigenvalue weighted by molar-refractivity contribution is -0.107. The Morgan fingerprint density at radius 3 is 2.36 bits per heavy atom. The number of carbonyl (C=O) groups excluding carboxylic acids is 1. The monoisotopic (exact) mass is 337 g/mol. The van der Waals surface area contributed by atoms with Gasteiger partial charge in [-0.1, -0.05) is 39.3 Å². The zero-order valence-corrected chi connectivity index (χ0v) is 15.6. The summed E-state index contributed by atoms with van der Waals surface area (Å²) in [5, 5.41) is 0. The van der Waals surface area contributed by atoms with E-state index in [1.165, 1.54) is 24.8 Å². The van der Waals surface area contributed by atoms with Crippen molar-refractivity contribution >= 4 is 12.1 Å². The van der Waals surface area contributed by atoms with Crippen molar-refractivity contribution in [1.82, 2.24) is 9.97 Å². The summed E-state index contributed by atoms with van der Waals surface area (Å²) >= 11 is 0. The van der Waals surface area contributed by atoms with Gasteiger partial charge in [-0.2, -0.15) is 0 Å². The molecule has 0 aliphatic heterocycles. The van der Waals surface area contributed by atoms with E-state index in [1.807, 2.05) is 24.2 Å². The minimum atomic E-state index is -0.0293. The van der Waals surface area contributed by atoms with Crippen LogP contribution in [-0.2, 0) is 10.2 Å². The normalized spacial score (nSPS) is 14.9. The van der Waals surface area contributed by atoms with Crippen molar-refractivity contribution in [2.45, 2.75) is 52.4 Å². The van der Waals surface area contributed by atoms with E-state index in [0.717, 1.165) is 35.6 Å². The Hall–Kier alpha value is -2.23. The van der Waals surface area contributed by atoms with Gasteiger partial charge in [0.2, 0.25) is 6.41 Å². The maximum atomic E-state index is 11.9. The second kappa shape index (κ2) is 6.95. The fraction of sp³-hybridized carbons (Fsp3) is 0.476. The number of nitrogens with zero attached hydrogens (tertiary/aromatic N) is 3. The molecule has 0 N–H and O–H groups in total. The number of carbonyl (C=O) groups is 1. The average Bonchev–Trinajstić information content (AvgIpc) is 2.53. The first-order valence-electron chi connectivity index (χ1n) is 9.04. The SMILES string of the molecule is Cc1ncc(-c2ccc(C(C)(C)C)c(N(C=O)CC3CCC3)c2)cn1. The Balaban J connectivity index is 2.03. The molecule has 0 atom stereocenters. The minimum absolute atomic E-state index is 0.0293. The number of anilines is 1. The largest absolute Gasteiger partial charge is 0.314 e. The van der Waals surface area contributed by atoms with Gasteiger partial charge in [-0.15, -0.1) is 0 Å². The molecular formula is C21H27N3O. The van der Waals surface area contributed by atoms with E-state index in [1.54, 1.807) is 0 Å². The highest BCUT2D eigenvalue weighted by Crippen LogP contribution is 2.37. The van der Waals surface area contributed by atoms with Crippen LogP contribution in [0.25, 0.3) is 11.1 Å². The molecule has 1 aromatic carbocycles.